The summed E-state index contributed by atoms with van der Waals surface area (Å²) in [6.07, 6.45) is 18.3. The second-order valence-corrected chi connectivity index (χ2v) is 19.3. The molecule has 1 radical (unpaired) electrons. The number of thioether (sulfide) groups is 1. The molecular weight excluding hydrogens is 414 g/mol. The molecular formula is C16H21Cl2SSiZr. The fourth-order valence-corrected chi connectivity index (χ4v) is 10.7. The predicted molar refractivity (Wildman–Crippen MR) is 86.0 cm³/mol. The molecule has 0 fully saturated rings. The van der Waals surface area contributed by atoms with Gasteiger partial charge in [-0.2, -0.15) is 0 Å². The van der Waals surface area contributed by atoms with E-state index in [1.807, 2.05) is 11.8 Å². The van der Waals surface area contributed by atoms with E-state index in [9.17, 15) is 0 Å². The van der Waals surface area contributed by atoms with Gasteiger partial charge < -0.3 is 24.8 Å². The molecule has 113 valence electrons. The van der Waals surface area contributed by atoms with Crippen molar-refractivity contribution in [2.75, 3.05) is 0 Å². The fraction of sp³-hybridized carbons (Fsp3) is 0.375. The summed E-state index contributed by atoms with van der Waals surface area (Å²) in [5.74, 6) is 0.783. The topological polar surface area (TPSA) is 0 Å². The van der Waals surface area contributed by atoms with E-state index < -0.39 is 0 Å². The van der Waals surface area contributed by atoms with Crippen molar-refractivity contribution in [3.05, 3.63) is 55.6 Å². The molecule has 5 heteroatoms. The third-order valence-electron chi connectivity index (χ3n) is 3.05. The monoisotopic (exact) mass is 433 g/mol. The molecule has 0 aromatic heterocycles. The summed E-state index contributed by atoms with van der Waals surface area (Å²) in [7, 11) is 0. The molecule has 1 unspecified atom stereocenters. The van der Waals surface area contributed by atoms with Gasteiger partial charge in [0.05, 0.1) is 0 Å². The van der Waals surface area contributed by atoms with Crippen molar-refractivity contribution < 1.29 is 47.2 Å². The van der Waals surface area contributed by atoms with Crippen LogP contribution in [0.2, 0.25) is 13.1 Å². The Kier molecular flexibility index (Phi) is 11.7. The van der Waals surface area contributed by atoms with Gasteiger partial charge in [-0.05, 0) is 11.3 Å². The van der Waals surface area contributed by atoms with Crippen LogP contribution < -0.4 is 24.8 Å². The van der Waals surface area contributed by atoms with Crippen LogP contribution in [0.4, 0.5) is 0 Å². The largest absolute Gasteiger partial charge is 1.00 e. The zero-order valence-corrected chi connectivity index (χ0v) is 18.5. The Morgan fingerprint density at radius 3 is 2.52 bits per heavy atom. The zero-order chi connectivity index (χ0) is 13.7. The van der Waals surface area contributed by atoms with Crippen LogP contribution in [0, 0.1) is 5.92 Å². The summed E-state index contributed by atoms with van der Waals surface area (Å²) in [5.41, 5.74) is 0. The summed E-state index contributed by atoms with van der Waals surface area (Å²) in [6, 6.07) is 0. The second kappa shape index (κ2) is 11.3. The maximum atomic E-state index is 2.44. The molecule has 0 saturated carbocycles. The van der Waals surface area contributed by atoms with Gasteiger partial charge in [-0.15, -0.1) is 0 Å². The van der Waals surface area contributed by atoms with Crippen LogP contribution in [0.1, 0.15) is 19.8 Å². The van der Waals surface area contributed by atoms with Crippen molar-refractivity contribution in [1.82, 2.24) is 0 Å². The van der Waals surface area contributed by atoms with Crippen LogP contribution in [0.5, 0.6) is 0 Å². The zero-order valence-electron chi connectivity index (χ0n) is 12.7. The van der Waals surface area contributed by atoms with Crippen molar-refractivity contribution in [2.24, 2.45) is 5.92 Å². The minimum absolute atomic E-state index is 0. The molecule has 0 saturated heterocycles. The molecule has 0 amide bonds. The maximum absolute atomic E-state index is 2.44. The number of fused-ring (bicyclic) bond motifs is 1. The molecule has 3 aliphatic rings. The van der Waals surface area contributed by atoms with Crippen LogP contribution in [0.15, 0.2) is 55.6 Å². The summed E-state index contributed by atoms with van der Waals surface area (Å²) in [4.78, 5) is 3.04. The van der Waals surface area contributed by atoms with Gasteiger partial charge in [-0.25, -0.2) is 0 Å². The average molecular weight is 436 g/mol. The Bertz CT molecular complexity index is 479. The van der Waals surface area contributed by atoms with Gasteiger partial charge >= 0.3 is 69.3 Å². The van der Waals surface area contributed by atoms with E-state index >= 15 is 0 Å². The van der Waals surface area contributed by atoms with Crippen molar-refractivity contribution in [3.63, 3.8) is 0 Å². The number of halogens is 2. The Hall–Kier alpha value is 0.730. The summed E-state index contributed by atoms with van der Waals surface area (Å²) in [5, 5.41) is 0. The second-order valence-electron chi connectivity index (χ2n) is 5.02. The van der Waals surface area contributed by atoms with E-state index in [1.54, 1.807) is 3.28 Å². The Morgan fingerprint density at radius 2 is 2.00 bits per heavy atom. The van der Waals surface area contributed by atoms with E-state index in [4.69, 9.17) is 0 Å². The number of hydrogen-bond donors (Lipinski definition) is 0. The molecule has 0 aromatic rings. The van der Waals surface area contributed by atoms with Crippen LogP contribution in [0.25, 0.3) is 0 Å². The van der Waals surface area contributed by atoms with Crippen LogP contribution in [-0.2, 0) is 22.4 Å². The first-order valence-electron chi connectivity index (χ1n) is 6.89. The number of allylic oxidation sites excluding steroid dienone is 10. The molecule has 1 aliphatic heterocycles. The molecule has 0 bridgehead atoms. The first kappa shape index (κ1) is 21.7. The quantitative estimate of drug-likeness (QED) is 0.527. The van der Waals surface area contributed by atoms with Crippen LogP contribution in [0.3, 0.4) is 0 Å². The molecule has 0 nitrogen and oxygen atoms in total. The minimum atomic E-state index is -0.0345. The Labute approximate surface area is 158 Å². The van der Waals surface area contributed by atoms with Gasteiger partial charge in [0.2, 0.25) is 0 Å². The molecule has 2 aliphatic carbocycles. The van der Waals surface area contributed by atoms with Crippen molar-refractivity contribution >= 4 is 17.7 Å². The first-order chi connectivity index (χ1) is 9.19. The molecule has 1 atom stereocenters. The van der Waals surface area contributed by atoms with E-state index in [0.29, 0.717) is 5.92 Å². The number of hydrogen-bond acceptors (Lipinski definition) is 1. The third-order valence-corrected chi connectivity index (χ3v) is 12.2. The van der Waals surface area contributed by atoms with Crippen LogP contribution >= 0.6 is 11.8 Å². The van der Waals surface area contributed by atoms with Gasteiger partial charge in [0.25, 0.3) is 0 Å². The SMILES string of the molecule is CCC1=CC2C=CC=C2S1.C[Si](C)[Zr+2][C]1=CC=CC1.[Cl-].[Cl-]. The molecule has 0 aromatic carbocycles. The Balaban J connectivity index is 0.000000350. The van der Waals surface area contributed by atoms with Gasteiger partial charge in [-0.3, -0.25) is 0 Å². The Morgan fingerprint density at radius 1 is 1.24 bits per heavy atom. The van der Waals surface area contributed by atoms with Gasteiger partial charge in [0.15, 0.2) is 0 Å². The van der Waals surface area contributed by atoms with E-state index in [0.717, 1.165) is 0 Å². The fourth-order valence-electron chi connectivity index (χ4n) is 2.15. The molecule has 0 N–H and O–H groups in total. The normalized spacial score (nSPS) is 20.4. The summed E-state index contributed by atoms with van der Waals surface area (Å²) in [6.45, 7) is 7.09. The van der Waals surface area contributed by atoms with Crippen molar-refractivity contribution in [1.29, 1.82) is 0 Å². The van der Waals surface area contributed by atoms with Gasteiger partial charge in [0.1, 0.15) is 0 Å². The predicted octanol–water partition coefficient (Wildman–Crippen LogP) is -0.731. The smallest absolute Gasteiger partial charge is 1.00 e. The van der Waals surface area contributed by atoms with Gasteiger partial charge in [-0.1, -0.05) is 43.0 Å². The van der Waals surface area contributed by atoms with Crippen molar-refractivity contribution in [2.45, 2.75) is 32.9 Å². The molecule has 21 heavy (non-hydrogen) atoms. The van der Waals surface area contributed by atoms with E-state index in [-0.39, 0.29) is 53.1 Å². The average Bonchev–Trinajstić information content (AvgIpc) is 3.02. The minimum Gasteiger partial charge on any atom is -1.00 e. The maximum Gasteiger partial charge on any atom is -1.00 e. The standard InChI is InChI=1S/C9H10S.C5H5.C2H6Si.2ClH.Zr/c1-2-8-6-7-4-3-5-9(7)10-8;1-2-4-5-3-1;1-3-2;;;/h3-7H,2H2,1H3;1-3H,4H2;1-2H3;2*1H;/q;;;;;+2/p-2. The number of rotatable bonds is 3. The van der Waals surface area contributed by atoms with Crippen LogP contribution in [-0.4, -0.2) is 5.92 Å². The molecule has 3 rings (SSSR count). The van der Waals surface area contributed by atoms with E-state index in [2.05, 4.69) is 62.5 Å². The third kappa shape index (κ3) is 7.22. The van der Waals surface area contributed by atoms with Crippen molar-refractivity contribution in [3.8, 4) is 0 Å². The van der Waals surface area contributed by atoms with Gasteiger partial charge in [0, 0.05) is 10.8 Å². The molecule has 1 heterocycles. The molecule has 0 spiro atoms. The van der Waals surface area contributed by atoms with E-state index in [1.165, 1.54) is 22.7 Å². The summed E-state index contributed by atoms with van der Waals surface area (Å²) >= 11 is 1.91. The summed E-state index contributed by atoms with van der Waals surface area (Å²) < 4.78 is 1.80. The first-order valence-corrected chi connectivity index (χ1v) is 15.1.